The van der Waals surface area contributed by atoms with Crippen molar-refractivity contribution in [3.63, 3.8) is 0 Å². The summed E-state index contributed by atoms with van der Waals surface area (Å²) in [6, 6.07) is 5.57. The molecule has 28 heavy (non-hydrogen) atoms. The number of benzene rings is 1. The maximum atomic E-state index is 12.8. The Kier molecular flexibility index (Phi) is 5.80. The van der Waals surface area contributed by atoms with Crippen molar-refractivity contribution < 1.29 is 29.0 Å². The van der Waals surface area contributed by atoms with Crippen LogP contribution < -0.4 is 10.2 Å². The Morgan fingerprint density at radius 1 is 1.43 bits per heavy atom. The van der Waals surface area contributed by atoms with Gasteiger partial charge in [-0.05, 0) is 24.3 Å². The number of halogens is 1. The highest BCUT2D eigenvalue weighted by atomic mass is 35.5. The number of thioether (sulfide) groups is 1. The predicted octanol–water partition coefficient (Wildman–Crippen LogP) is 1.28. The van der Waals surface area contributed by atoms with E-state index < -0.39 is 29.4 Å². The van der Waals surface area contributed by atoms with Crippen molar-refractivity contribution in [2.75, 3.05) is 24.3 Å². The molecule has 1 aromatic carbocycles. The number of β-lactam (4-membered cyclic amide) rings is 1. The standard InChI is InChI=1S/C17H16ClN3O6S/c1-19-17(26)27-6-9-7-28-15-13(14(23)21(15)12(9)16(24)25)20(8-22)11-4-2-10(18)3-5-11/h2-5,8,13,15H,6-7H2,1H3,(H,19,26)(H,24,25)/t13?,15-/m1/s1. The monoisotopic (exact) mass is 425 g/mol. The second kappa shape index (κ2) is 8.11. The first kappa shape index (κ1) is 20.0. The summed E-state index contributed by atoms with van der Waals surface area (Å²) >= 11 is 7.16. The zero-order valence-corrected chi connectivity index (χ0v) is 16.2. The molecule has 11 heteroatoms. The third-order valence-electron chi connectivity index (χ3n) is 4.34. The molecular weight excluding hydrogens is 410 g/mol. The van der Waals surface area contributed by atoms with Crippen LogP contribution in [0.5, 0.6) is 0 Å². The van der Waals surface area contributed by atoms with Gasteiger partial charge in [0.2, 0.25) is 6.41 Å². The zero-order valence-electron chi connectivity index (χ0n) is 14.6. The molecule has 0 bridgehead atoms. The van der Waals surface area contributed by atoms with E-state index in [0.29, 0.717) is 22.7 Å². The van der Waals surface area contributed by atoms with E-state index in [0.717, 1.165) is 4.90 Å². The van der Waals surface area contributed by atoms with Gasteiger partial charge in [-0.1, -0.05) is 11.6 Å². The lowest BCUT2D eigenvalue weighted by Gasteiger charge is -2.52. The molecule has 2 heterocycles. The summed E-state index contributed by atoms with van der Waals surface area (Å²) in [5.74, 6) is -1.57. The van der Waals surface area contributed by atoms with E-state index in [4.69, 9.17) is 16.3 Å². The Hall–Kier alpha value is -2.72. The van der Waals surface area contributed by atoms with Gasteiger partial charge in [0.1, 0.15) is 23.7 Å². The number of fused-ring (bicyclic) bond motifs is 1. The topological polar surface area (TPSA) is 116 Å². The van der Waals surface area contributed by atoms with E-state index >= 15 is 0 Å². The Labute approximate surface area is 169 Å². The third-order valence-corrected chi connectivity index (χ3v) is 5.92. The molecule has 0 spiro atoms. The Morgan fingerprint density at radius 2 is 2.11 bits per heavy atom. The largest absolute Gasteiger partial charge is 0.477 e. The first-order chi connectivity index (χ1) is 13.4. The van der Waals surface area contributed by atoms with Crippen LogP contribution in [0.3, 0.4) is 0 Å². The van der Waals surface area contributed by atoms with Gasteiger partial charge in [-0.15, -0.1) is 11.8 Å². The minimum atomic E-state index is -1.29. The minimum absolute atomic E-state index is 0.212. The number of nitrogens with one attached hydrogen (secondary N) is 1. The molecule has 0 aromatic heterocycles. The molecule has 1 unspecified atom stereocenters. The number of carbonyl (C=O) groups is 4. The number of hydrogen-bond donors (Lipinski definition) is 2. The van der Waals surface area contributed by atoms with Crippen LogP contribution in [0.4, 0.5) is 10.5 Å². The Bertz CT molecular complexity index is 859. The van der Waals surface area contributed by atoms with Gasteiger partial charge >= 0.3 is 12.1 Å². The molecule has 3 amide bonds. The minimum Gasteiger partial charge on any atom is -0.477 e. The lowest BCUT2D eigenvalue weighted by molar-refractivity contribution is -0.148. The van der Waals surface area contributed by atoms with Crippen LogP contribution in [0, 0.1) is 0 Å². The Balaban J connectivity index is 1.85. The summed E-state index contributed by atoms with van der Waals surface area (Å²) in [5.41, 5.74) is 0.580. The number of amides is 3. The van der Waals surface area contributed by atoms with Crippen molar-refractivity contribution in [2.45, 2.75) is 11.4 Å². The molecule has 2 N–H and O–H groups in total. The number of carboxylic acid groups (broad SMARTS) is 1. The second-order valence-electron chi connectivity index (χ2n) is 5.93. The highest BCUT2D eigenvalue weighted by molar-refractivity contribution is 8.00. The number of aliphatic carboxylic acids is 1. The van der Waals surface area contributed by atoms with Crippen LogP contribution in [0.25, 0.3) is 0 Å². The van der Waals surface area contributed by atoms with Crippen LogP contribution in [0.15, 0.2) is 35.5 Å². The molecule has 2 atom stereocenters. The van der Waals surface area contributed by atoms with E-state index in [9.17, 15) is 24.3 Å². The molecule has 1 fully saturated rings. The van der Waals surface area contributed by atoms with Crippen molar-refractivity contribution in [2.24, 2.45) is 0 Å². The maximum absolute atomic E-state index is 12.8. The van der Waals surface area contributed by atoms with E-state index in [1.165, 1.54) is 23.7 Å². The molecule has 2 aliphatic rings. The Morgan fingerprint density at radius 3 is 2.68 bits per heavy atom. The molecule has 0 saturated carbocycles. The van der Waals surface area contributed by atoms with Gasteiger partial charge in [-0.25, -0.2) is 9.59 Å². The molecule has 3 rings (SSSR count). The predicted molar refractivity (Wildman–Crippen MR) is 102 cm³/mol. The molecule has 0 radical (unpaired) electrons. The fourth-order valence-corrected chi connectivity index (χ4v) is 4.53. The van der Waals surface area contributed by atoms with Gasteiger partial charge in [0.25, 0.3) is 5.91 Å². The molecule has 0 aliphatic carbocycles. The number of carbonyl (C=O) groups excluding carboxylic acids is 3. The van der Waals surface area contributed by atoms with Gasteiger partial charge in [0, 0.05) is 29.1 Å². The number of hydrogen-bond acceptors (Lipinski definition) is 6. The summed E-state index contributed by atoms with van der Waals surface area (Å²) in [5, 5.41) is 11.8. The molecular formula is C17H16ClN3O6S. The van der Waals surface area contributed by atoms with Crippen molar-refractivity contribution in [1.29, 1.82) is 0 Å². The summed E-state index contributed by atoms with van der Waals surface area (Å²) in [7, 11) is 1.38. The lowest BCUT2D eigenvalue weighted by Crippen LogP contribution is -2.70. The van der Waals surface area contributed by atoms with E-state index in [1.807, 2.05) is 0 Å². The van der Waals surface area contributed by atoms with Crippen molar-refractivity contribution in [3.05, 3.63) is 40.6 Å². The first-order valence-electron chi connectivity index (χ1n) is 8.12. The summed E-state index contributed by atoms with van der Waals surface area (Å²) < 4.78 is 4.93. The van der Waals surface area contributed by atoms with E-state index in [1.54, 1.807) is 24.3 Å². The van der Waals surface area contributed by atoms with Crippen molar-refractivity contribution in [3.8, 4) is 0 Å². The zero-order chi connectivity index (χ0) is 20.4. The van der Waals surface area contributed by atoms with E-state index in [2.05, 4.69) is 5.32 Å². The number of nitrogens with zero attached hydrogens (tertiary/aromatic N) is 2. The van der Waals surface area contributed by atoms with Gasteiger partial charge in [0.05, 0.1) is 0 Å². The quantitative estimate of drug-likeness (QED) is 0.521. The third kappa shape index (κ3) is 3.52. The normalized spacial score (nSPS) is 20.8. The van der Waals surface area contributed by atoms with Crippen molar-refractivity contribution >= 4 is 53.4 Å². The number of carboxylic acids is 1. The molecule has 1 saturated heterocycles. The molecule has 148 valence electrons. The number of ether oxygens (including phenoxy) is 1. The van der Waals surface area contributed by atoms with Gasteiger partial charge in [-0.2, -0.15) is 0 Å². The lowest BCUT2D eigenvalue weighted by atomic mass is 10.0. The van der Waals surface area contributed by atoms with Crippen LogP contribution >= 0.6 is 23.4 Å². The number of rotatable bonds is 6. The first-order valence-corrected chi connectivity index (χ1v) is 9.55. The number of anilines is 1. The van der Waals surface area contributed by atoms with Crippen LogP contribution in [-0.2, 0) is 19.1 Å². The van der Waals surface area contributed by atoms with Gasteiger partial charge in [0.15, 0.2) is 0 Å². The van der Waals surface area contributed by atoms with E-state index in [-0.39, 0.29) is 18.1 Å². The van der Waals surface area contributed by atoms with Crippen molar-refractivity contribution in [1.82, 2.24) is 10.2 Å². The molecule has 1 aromatic rings. The maximum Gasteiger partial charge on any atom is 0.407 e. The van der Waals surface area contributed by atoms with Crippen LogP contribution in [0.1, 0.15) is 0 Å². The summed E-state index contributed by atoms with van der Waals surface area (Å²) in [4.78, 5) is 49.8. The van der Waals surface area contributed by atoms with Crippen LogP contribution in [-0.4, -0.2) is 65.2 Å². The SMILES string of the molecule is CNC(=O)OCC1=C(C(=O)O)N2C(=O)C(N(C=O)c3ccc(Cl)cc3)[C@H]2SC1. The highest BCUT2D eigenvalue weighted by Gasteiger charge is 2.56. The fraction of sp³-hybridized carbons (Fsp3) is 0.294. The van der Waals surface area contributed by atoms with Crippen LogP contribution in [0.2, 0.25) is 5.02 Å². The van der Waals surface area contributed by atoms with Gasteiger partial charge < -0.3 is 15.2 Å². The molecule has 2 aliphatic heterocycles. The average Bonchev–Trinajstić information content (AvgIpc) is 2.69. The van der Waals surface area contributed by atoms with Gasteiger partial charge in [-0.3, -0.25) is 19.4 Å². The molecule has 9 nitrogen and oxygen atoms in total. The average molecular weight is 426 g/mol. The summed E-state index contributed by atoms with van der Waals surface area (Å²) in [6.07, 6.45) is -0.162. The fourth-order valence-electron chi connectivity index (χ4n) is 3.02. The number of alkyl carbamates (subject to hydrolysis) is 1. The highest BCUT2D eigenvalue weighted by Crippen LogP contribution is 2.43. The smallest absolute Gasteiger partial charge is 0.407 e. The second-order valence-corrected chi connectivity index (χ2v) is 7.47. The summed E-state index contributed by atoms with van der Waals surface area (Å²) in [6.45, 7) is -0.246.